The molecular formula is C20H21NO4S2. The van der Waals surface area contributed by atoms with Crippen molar-refractivity contribution in [2.45, 2.75) is 23.6 Å². The van der Waals surface area contributed by atoms with Gasteiger partial charge in [-0.05, 0) is 38.1 Å². The van der Waals surface area contributed by atoms with Crippen LogP contribution in [0.25, 0.3) is 0 Å². The van der Waals surface area contributed by atoms with E-state index < -0.39 is 25.6 Å². The summed E-state index contributed by atoms with van der Waals surface area (Å²) in [6.45, 7) is 7.06. The standard InChI is InChI=1S/C20H21NO4S2/c1-5-14-21(27(24,25)20-12-8-17(3)9-13-20)18(4)15-26(22,23)19-10-6-16(2)7-11-19/h1,6-13H,4,14-15H2,2-3H3. The number of sulfonamides is 1. The van der Waals surface area contributed by atoms with Gasteiger partial charge in [0.05, 0.1) is 22.1 Å². The predicted octanol–water partition coefficient (Wildman–Crippen LogP) is 2.91. The number of rotatable bonds is 7. The van der Waals surface area contributed by atoms with Gasteiger partial charge in [-0.1, -0.05) is 47.9 Å². The first-order chi connectivity index (χ1) is 12.6. The van der Waals surface area contributed by atoms with Gasteiger partial charge in [0.1, 0.15) is 0 Å². The number of terminal acetylenes is 1. The first kappa shape index (κ1) is 20.7. The van der Waals surface area contributed by atoms with Gasteiger partial charge in [0.25, 0.3) is 10.0 Å². The first-order valence-corrected chi connectivity index (χ1v) is 11.2. The second-order valence-electron chi connectivity index (χ2n) is 6.17. The Hall–Kier alpha value is -2.56. The molecule has 0 amide bonds. The molecule has 2 aromatic rings. The Bertz CT molecular complexity index is 1080. The Balaban J connectivity index is 2.36. The van der Waals surface area contributed by atoms with E-state index in [9.17, 15) is 16.8 Å². The molecule has 27 heavy (non-hydrogen) atoms. The maximum atomic E-state index is 12.9. The SMILES string of the molecule is C#CCN(C(=C)CS(=O)(=O)c1ccc(C)cc1)S(=O)(=O)c1ccc(C)cc1. The highest BCUT2D eigenvalue weighted by molar-refractivity contribution is 7.92. The zero-order valence-electron chi connectivity index (χ0n) is 15.2. The molecule has 2 rings (SSSR count). The van der Waals surface area contributed by atoms with E-state index in [1.54, 1.807) is 24.3 Å². The van der Waals surface area contributed by atoms with Crippen molar-refractivity contribution in [2.75, 3.05) is 12.3 Å². The van der Waals surface area contributed by atoms with Crippen LogP contribution < -0.4 is 0 Å². The van der Waals surface area contributed by atoms with Crippen LogP contribution in [-0.4, -0.2) is 33.4 Å². The first-order valence-electron chi connectivity index (χ1n) is 8.08. The molecule has 0 N–H and O–H groups in total. The molecule has 0 aliphatic carbocycles. The zero-order valence-corrected chi connectivity index (χ0v) is 16.8. The molecule has 0 saturated carbocycles. The van der Waals surface area contributed by atoms with Crippen LogP contribution in [0.15, 0.2) is 70.6 Å². The lowest BCUT2D eigenvalue weighted by Crippen LogP contribution is -2.33. The monoisotopic (exact) mass is 403 g/mol. The van der Waals surface area contributed by atoms with E-state index in [-0.39, 0.29) is 22.0 Å². The van der Waals surface area contributed by atoms with Gasteiger partial charge in [-0.25, -0.2) is 16.8 Å². The largest absolute Gasteiger partial charge is 0.264 e. The summed E-state index contributed by atoms with van der Waals surface area (Å²) >= 11 is 0. The maximum Gasteiger partial charge on any atom is 0.264 e. The van der Waals surface area contributed by atoms with Crippen molar-refractivity contribution in [3.05, 3.63) is 71.9 Å². The molecule has 0 aliphatic rings. The normalized spacial score (nSPS) is 11.6. The average molecular weight is 404 g/mol. The lowest BCUT2D eigenvalue weighted by Gasteiger charge is -2.24. The van der Waals surface area contributed by atoms with E-state index in [1.807, 2.05) is 13.8 Å². The molecule has 0 radical (unpaired) electrons. The van der Waals surface area contributed by atoms with Gasteiger partial charge in [0, 0.05) is 5.70 Å². The minimum atomic E-state index is -4.01. The van der Waals surface area contributed by atoms with Gasteiger partial charge in [-0.2, -0.15) is 0 Å². The fourth-order valence-electron chi connectivity index (χ4n) is 2.41. The molecule has 0 spiro atoms. The van der Waals surface area contributed by atoms with E-state index in [1.165, 1.54) is 24.3 Å². The molecular weight excluding hydrogens is 382 g/mol. The van der Waals surface area contributed by atoms with Crippen molar-refractivity contribution in [1.82, 2.24) is 4.31 Å². The van der Waals surface area contributed by atoms with Crippen LogP contribution in [-0.2, 0) is 19.9 Å². The molecule has 0 saturated heterocycles. The smallest absolute Gasteiger partial charge is 0.258 e. The Labute approximate surface area is 161 Å². The van der Waals surface area contributed by atoms with Gasteiger partial charge in [0.15, 0.2) is 9.84 Å². The molecule has 142 valence electrons. The third kappa shape index (κ3) is 4.79. The minimum absolute atomic E-state index is 0.0252. The lowest BCUT2D eigenvalue weighted by molar-refractivity contribution is 0.507. The summed E-state index contributed by atoms with van der Waals surface area (Å²) in [4.78, 5) is 0.125. The van der Waals surface area contributed by atoms with Crippen LogP contribution in [0.3, 0.4) is 0 Å². The Morgan fingerprint density at radius 1 is 0.926 bits per heavy atom. The van der Waals surface area contributed by atoms with Crippen molar-refractivity contribution in [3.63, 3.8) is 0 Å². The van der Waals surface area contributed by atoms with Crippen LogP contribution in [0, 0.1) is 26.2 Å². The molecule has 5 nitrogen and oxygen atoms in total. The maximum absolute atomic E-state index is 12.9. The topological polar surface area (TPSA) is 71.5 Å². The Morgan fingerprint density at radius 2 is 1.37 bits per heavy atom. The number of hydrogen-bond donors (Lipinski definition) is 0. The zero-order chi connectivity index (χ0) is 20.2. The van der Waals surface area contributed by atoms with E-state index in [4.69, 9.17) is 6.42 Å². The summed E-state index contributed by atoms with van der Waals surface area (Å²) in [5.41, 5.74) is 1.72. The van der Waals surface area contributed by atoms with Crippen LogP contribution in [0.4, 0.5) is 0 Å². The van der Waals surface area contributed by atoms with Crippen molar-refractivity contribution >= 4 is 19.9 Å². The van der Waals surface area contributed by atoms with Crippen molar-refractivity contribution in [3.8, 4) is 12.3 Å². The molecule has 0 unspecified atom stereocenters. The van der Waals surface area contributed by atoms with Crippen molar-refractivity contribution in [1.29, 1.82) is 0 Å². The predicted molar refractivity (Wildman–Crippen MR) is 106 cm³/mol. The number of sulfone groups is 1. The van der Waals surface area contributed by atoms with Gasteiger partial charge in [-0.3, -0.25) is 4.31 Å². The molecule has 0 atom stereocenters. The second kappa shape index (κ2) is 7.99. The molecule has 0 aromatic heterocycles. The Morgan fingerprint density at radius 3 is 1.81 bits per heavy atom. The molecule has 7 heteroatoms. The highest BCUT2D eigenvalue weighted by Crippen LogP contribution is 2.22. The molecule has 0 fully saturated rings. The van der Waals surface area contributed by atoms with Gasteiger partial charge in [-0.15, -0.1) is 6.42 Å². The van der Waals surface area contributed by atoms with Crippen LogP contribution in [0.5, 0.6) is 0 Å². The number of aryl methyl sites for hydroxylation is 2. The molecule has 0 bridgehead atoms. The summed E-state index contributed by atoms with van der Waals surface area (Å²) in [7, 11) is -7.78. The summed E-state index contributed by atoms with van der Waals surface area (Å²) in [5, 5.41) is 0. The van der Waals surface area contributed by atoms with Gasteiger partial charge < -0.3 is 0 Å². The van der Waals surface area contributed by atoms with E-state index in [2.05, 4.69) is 12.5 Å². The Kier molecular flexibility index (Phi) is 6.14. The molecule has 2 aromatic carbocycles. The third-order valence-corrected chi connectivity index (χ3v) is 7.47. The van der Waals surface area contributed by atoms with Crippen LogP contribution >= 0.6 is 0 Å². The average Bonchev–Trinajstić information content (AvgIpc) is 2.59. The van der Waals surface area contributed by atoms with E-state index in [0.29, 0.717) is 0 Å². The fraction of sp³-hybridized carbons (Fsp3) is 0.200. The number of hydrogen-bond acceptors (Lipinski definition) is 4. The quantitative estimate of drug-likeness (QED) is 0.667. The highest BCUT2D eigenvalue weighted by Gasteiger charge is 2.28. The summed E-state index contributed by atoms with van der Waals surface area (Å²) in [6.07, 6.45) is 5.31. The third-order valence-electron chi connectivity index (χ3n) is 3.93. The minimum Gasteiger partial charge on any atom is -0.258 e. The number of benzene rings is 2. The summed E-state index contributed by atoms with van der Waals surface area (Å²) in [5.74, 6) is 1.71. The fourth-order valence-corrected chi connectivity index (χ4v) is 5.18. The van der Waals surface area contributed by atoms with Gasteiger partial charge >= 0.3 is 0 Å². The summed E-state index contributed by atoms with van der Waals surface area (Å²) < 4.78 is 52.0. The number of nitrogens with zero attached hydrogens (tertiary/aromatic N) is 1. The second-order valence-corrected chi connectivity index (χ2v) is 10.0. The van der Waals surface area contributed by atoms with Crippen LogP contribution in [0.2, 0.25) is 0 Å². The molecule has 0 aliphatic heterocycles. The van der Waals surface area contributed by atoms with Crippen LogP contribution in [0.1, 0.15) is 11.1 Å². The van der Waals surface area contributed by atoms with E-state index in [0.717, 1.165) is 15.4 Å². The lowest BCUT2D eigenvalue weighted by atomic mass is 10.2. The highest BCUT2D eigenvalue weighted by atomic mass is 32.2. The van der Waals surface area contributed by atoms with Crippen molar-refractivity contribution < 1.29 is 16.8 Å². The molecule has 0 heterocycles. The summed E-state index contributed by atoms with van der Waals surface area (Å²) in [6, 6.07) is 12.6. The van der Waals surface area contributed by atoms with E-state index >= 15 is 0 Å². The van der Waals surface area contributed by atoms with Crippen molar-refractivity contribution in [2.24, 2.45) is 0 Å². The van der Waals surface area contributed by atoms with Gasteiger partial charge in [0.2, 0.25) is 0 Å².